The Hall–Kier alpha value is -1.64. The molecule has 0 aliphatic carbocycles. The lowest BCUT2D eigenvalue weighted by Crippen LogP contribution is -2.40. The fourth-order valence-corrected chi connectivity index (χ4v) is 5.41. The van der Waals surface area contributed by atoms with E-state index in [0.29, 0.717) is 19.4 Å². The molecule has 2 atom stereocenters. The molecule has 2 aliphatic heterocycles. The number of sulfone groups is 1. The van der Waals surface area contributed by atoms with Gasteiger partial charge in [0.05, 0.1) is 16.0 Å². The summed E-state index contributed by atoms with van der Waals surface area (Å²) in [7, 11) is -3.08. The van der Waals surface area contributed by atoms with Crippen LogP contribution >= 0.6 is 0 Å². The summed E-state index contributed by atoms with van der Waals surface area (Å²) in [6, 6.07) is -0.334. The van der Waals surface area contributed by atoms with Crippen molar-refractivity contribution < 1.29 is 13.2 Å². The smallest absolute Gasteiger partial charge is 0.323 e. The Balaban J connectivity index is 1.68. The van der Waals surface area contributed by atoms with E-state index < -0.39 is 15.1 Å². The highest BCUT2D eigenvalue weighted by Gasteiger charge is 2.44. The summed E-state index contributed by atoms with van der Waals surface area (Å²) < 4.78 is 26.2. The number of carbonyl (C=O) groups excluding carboxylic acids is 1. The molecule has 3 heterocycles. The number of nitrogens with one attached hydrogen (secondary N) is 1. The molecule has 2 fully saturated rings. The van der Waals surface area contributed by atoms with Crippen LogP contribution in [0.25, 0.3) is 0 Å². The van der Waals surface area contributed by atoms with E-state index in [1.807, 2.05) is 20.8 Å². The number of amides is 2. The van der Waals surface area contributed by atoms with E-state index in [0.717, 1.165) is 6.42 Å². The zero-order valence-corrected chi connectivity index (χ0v) is 14.5. The number of aromatic nitrogens is 3. The zero-order chi connectivity index (χ0) is 16.8. The van der Waals surface area contributed by atoms with Gasteiger partial charge in [0.15, 0.2) is 9.84 Å². The van der Waals surface area contributed by atoms with Gasteiger partial charge in [-0.15, -0.1) is 5.10 Å². The fraction of sp³-hybridized carbons (Fsp3) is 0.786. The monoisotopic (exact) mass is 341 g/mol. The van der Waals surface area contributed by atoms with Crippen LogP contribution in [0.1, 0.15) is 40.0 Å². The molecular weight excluding hydrogens is 318 g/mol. The van der Waals surface area contributed by atoms with Gasteiger partial charge in [0.2, 0.25) is 5.95 Å². The van der Waals surface area contributed by atoms with E-state index in [9.17, 15) is 13.2 Å². The molecule has 2 aliphatic rings. The van der Waals surface area contributed by atoms with Crippen molar-refractivity contribution in [3.05, 3.63) is 6.33 Å². The first kappa shape index (κ1) is 16.2. The van der Waals surface area contributed by atoms with Gasteiger partial charge in [-0.05, 0) is 40.0 Å². The second kappa shape index (κ2) is 5.47. The molecule has 23 heavy (non-hydrogen) atoms. The van der Waals surface area contributed by atoms with Gasteiger partial charge >= 0.3 is 6.03 Å². The average molecular weight is 341 g/mol. The number of anilines is 1. The summed E-state index contributed by atoms with van der Waals surface area (Å²) in [5, 5.41) is 6.19. The summed E-state index contributed by atoms with van der Waals surface area (Å²) in [4.78, 5) is 18.1. The Kier molecular flexibility index (Phi) is 3.86. The minimum absolute atomic E-state index is 0.216. The van der Waals surface area contributed by atoms with E-state index in [2.05, 4.69) is 15.4 Å². The first-order valence-corrected chi connectivity index (χ1v) is 9.49. The first-order chi connectivity index (χ1) is 10.7. The standard InChI is InChI=1S/C14H23N5O3S/c1-14(2,3)19-9-15-12(17-19)16-13(20)18-7-6-10-4-5-11(8-18)23(10,21)22/h9-11H,4-8H2,1-3H3,(H,16,17,20). The van der Waals surface area contributed by atoms with Crippen molar-refractivity contribution in [3.8, 4) is 0 Å². The summed E-state index contributed by atoms with van der Waals surface area (Å²) in [5.74, 6) is 0.238. The number of rotatable bonds is 1. The Morgan fingerprint density at radius 2 is 1.96 bits per heavy atom. The van der Waals surface area contributed by atoms with E-state index >= 15 is 0 Å². The highest BCUT2D eigenvalue weighted by atomic mass is 32.2. The number of urea groups is 1. The molecule has 1 aromatic heterocycles. The maximum Gasteiger partial charge on any atom is 0.324 e. The van der Waals surface area contributed by atoms with Crippen molar-refractivity contribution in [3.63, 3.8) is 0 Å². The van der Waals surface area contributed by atoms with Gasteiger partial charge in [-0.3, -0.25) is 5.32 Å². The van der Waals surface area contributed by atoms with Crippen LogP contribution in [-0.4, -0.2) is 57.7 Å². The maximum absolute atomic E-state index is 12.4. The Bertz CT molecular complexity index is 706. The quantitative estimate of drug-likeness (QED) is 0.828. The molecule has 0 aromatic carbocycles. The van der Waals surface area contributed by atoms with Crippen LogP contribution in [0.5, 0.6) is 0 Å². The van der Waals surface area contributed by atoms with Crippen molar-refractivity contribution in [1.82, 2.24) is 19.7 Å². The predicted octanol–water partition coefficient (Wildman–Crippen LogP) is 1.22. The topological polar surface area (TPSA) is 97.2 Å². The molecule has 2 unspecified atom stereocenters. The predicted molar refractivity (Wildman–Crippen MR) is 86.0 cm³/mol. The van der Waals surface area contributed by atoms with Crippen LogP contribution in [0.15, 0.2) is 6.33 Å². The van der Waals surface area contributed by atoms with Crippen molar-refractivity contribution in [2.75, 3.05) is 18.4 Å². The molecule has 1 N–H and O–H groups in total. The van der Waals surface area contributed by atoms with Gasteiger partial charge in [-0.2, -0.15) is 0 Å². The first-order valence-electron chi connectivity index (χ1n) is 7.89. The third-order valence-corrected chi connectivity index (χ3v) is 7.28. The number of likely N-dealkylation sites (tertiary alicyclic amines) is 1. The molecule has 8 nitrogen and oxygen atoms in total. The number of carbonyl (C=O) groups is 1. The molecule has 2 saturated heterocycles. The Morgan fingerprint density at radius 3 is 2.61 bits per heavy atom. The van der Waals surface area contributed by atoms with Crippen molar-refractivity contribution in [1.29, 1.82) is 0 Å². The normalized spacial score (nSPS) is 26.8. The lowest BCUT2D eigenvalue weighted by atomic mass is 10.1. The van der Waals surface area contributed by atoms with E-state index in [-0.39, 0.29) is 29.3 Å². The molecule has 0 spiro atoms. The van der Waals surface area contributed by atoms with Crippen LogP contribution in [0, 0.1) is 0 Å². The largest absolute Gasteiger partial charge is 0.324 e. The lowest BCUT2D eigenvalue weighted by molar-refractivity contribution is 0.209. The van der Waals surface area contributed by atoms with Crippen molar-refractivity contribution >= 4 is 21.8 Å². The minimum atomic E-state index is -3.08. The number of fused-ring (bicyclic) bond motifs is 2. The zero-order valence-electron chi connectivity index (χ0n) is 13.7. The minimum Gasteiger partial charge on any atom is -0.323 e. The van der Waals surface area contributed by atoms with Crippen LogP contribution in [0.4, 0.5) is 10.7 Å². The Morgan fingerprint density at radius 1 is 1.26 bits per heavy atom. The van der Waals surface area contributed by atoms with Crippen molar-refractivity contribution in [2.45, 2.75) is 56.1 Å². The third kappa shape index (κ3) is 3.06. The molecule has 3 rings (SSSR count). The molecule has 0 radical (unpaired) electrons. The number of hydrogen-bond donors (Lipinski definition) is 1. The van der Waals surface area contributed by atoms with Gasteiger partial charge in [0.1, 0.15) is 6.33 Å². The van der Waals surface area contributed by atoms with Crippen LogP contribution < -0.4 is 5.32 Å². The van der Waals surface area contributed by atoms with E-state index in [1.165, 1.54) is 0 Å². The van der Waals surface area contributed by atoms with Gasteiger partial charge < -0.3 is 4.90 Å². The molecule has 0 saturated carbocycles. The van der Waals surface area contributed by atoms with Gasteiger partial charge in [-0.25, -0.2) is 22.9 Å². The highest BCUT2D eigenvalue weighted by Crippen LogP contribution is 2.33. The van der Waals surface area contributed by atoms with Gasteiger partial charge in [0, 0.05) is 13.1 Å². The van der Waals surface area contributed by atoms with Gasteiger partial charge in [0.25, 0.3) is 0 Å². The second-order valence-corrected chi connectivity index (χ2v) is 9.77. The van der Waals surface area contributed by atoms with Gasteiger partial charge in [-0.1, -0.05) is 0 Å². The molecule has 2 amide bonds. The highest BCUT2D eigenvalue weighted by molar-refractivity contribution is 7.93. The summed E-state index contributed by atoms with van der Waals surface area (Å²) in [6.07, 6.45) is 3.45. The SMILES string of the molecule is CC(C)(C)n1cnc(NC(=O)N2CCC3CCC(C2)S3(=O)=O)n1. The maximum atomic E-state index is 12.4. The molecular formula is C14H23N5O3S. The molecule has 2 bridgehead atoms. The summed E-state index contributed by atoms with van der Waals surface area (Å²) >= 11 is 0. The summed E-state index contributed by atoms with van der Waals surface area (Å²) in [5.41, 5.74) is -0.216. The fourth-order valence-electron chi connectivity index (χ4n) is 3.12. The van der Waals surface area contributed by atoms with Crippen LogP contribution in [0.2, 0.25) is 0 Å². The Labute approximate surface area is 136 Å². The lowest BCUT2D eigenvalue weighted by Gasteiger charge is -2.23. The van der Waals surface area contributed by atoms with E-state index in [4.69, 9.17) is 0 Å². The van der Waals surface area contributed by atoms with E-state index in [1.54, 1.807) is 15.9 Å². The average Bonchev–Trinajstić information content (AvgIpc) is 2.93. The van der Waals surface area contributed by atoms with Crippen molar-refractivity contribution in [2.24, 2.45) is 0 Å². The van der Waals surface area contributed by atoms with Crippen LogP contribution in [0.3, 0.4) is 0 Å². The second-order valence-electron chi connectivity index (χ2n) is 7.26. The molecule has 128 valence electrons. The molecule has 9 heteroatoms. The third-order valence-electron chi connectivity index (χ3n) is 4.57. The van der Waals surface area contributed by atoms with Crippen LogP contribution in [-0.2, 0) is 15.4 Å². The summed E-state index contributed by atoms with van der Waals surface area (Å²) in [6.45, 7) is 6.67. The molecule has 1 aromatic rings. The number of hydrogen-bond acceptors (Lipinski definition) is 5. The number of nitrogens with zero attached hydrogens (tertiary/aromatic N) is 4.